The van der Waals surface area contributed by atoms with Crippen molar-refractivity contribution in [2.24, 2.45) is 0 Å². The molecule has 156 valence electrons. The van der Waals surface area contributed by atoms with Crippen LogP contribution in [0.4, 0.5) is 0 Å². The molecule has 7 heteroatoms. The van der Waals surface area contributed by atoms with Gasteiger partial charge in [-0.15, -0.1) is 11.8 Å². The van der Waals surface area contributed by atoms with Gasteiger partial charge in [-0.3, -0.25) is 9.69 Å². The SMILES string of the molecule is COc1ccc(CN2CCN(C(=O)c3ccc(SC)cc3)CC2)c(OC)c1OC. The van der Waals surface area contributed by atoms with Gasteiger partial charge in [-0.25, -0.2) is 0 Å². The first-order chi connectivity index (χ1) is 14.1. The minimum absolute atomic E-state index is 0.0981. The van der Waals surface area contributed by atoms with Gasteiger partial charge in [-0.1, -0.05) is 6.07 Å². The molecule has 0 atom stereocenters. The highest BCUT2D eigenvalue weighted by Gasteiger charge is 2.24. The number of hydrogen-bond donors (Lipinski definition) is 0. The number of amides is 1. The molecule has 3 rings (SSSR count). The third kappa shape index (κ3) is 4.79. The summed E-state index contributed by atoms with van der Waals surface area (Å²) in [6, 6.07) is 11.7. The van der Waals surface area contributed by atoms with Gasteiger partial charge in [0.2, 0.25) is 5.75 Å². The molecule has 1 aliphatic heterocycles. The Bertz CT molecular complexity index is 833. The van der Waals surface area contributed by atoms with Crippen LogP contribution in [0.25, 0.3) is 0 Å². The molecule has 0 unspecified atom stereocenters. The zero-order valence-electron chi connectivity index (χ0n) is 17.4. The lowest BCUT2D eigenvalue weighted by atomic mass is 10.1. The Morgan fingerprint density at radius 1 is 0.897 bits per heavy atom. The molecule has 0 aliphatic carbocycles. The van der Waals surface area contributed by atoms with Crippen molar-refractivity contribution in [1.82, 2.24) is 9.80 Å². The molecule has 1 heterocycles. The number of carbonyl (C=O) groups is 1. The second-order valence-electron chi connectivity index (χ2n) is 6.79. The van der Waals surface area contributed by atoms with Gasteiger partial charge in [0.05, 0.1) is 21.3 Å². The highest BCUT2D eigenvalue weighted by molar-refractivity contribution is 7.98. The normalized spacial score (nSPS) is 14.6. The van der Waals surface area contributed by atoms with E-state index in [0.717, 1.165) is 35.7 Å². The minimum Gasteiger partial charge on any atom is -0.493 e. The number of piperazine rings is 1. The largest absolute Gasteiger partial charge is 0.493 e. The summed E-state index contributed by atoms with van der Waals surface area (Å²) in [6.07, 6.45) is 2.03. The molecule has 0 saturated carbocycles. The Balaban J connectivity index is 1.63. The second-order valence-corrected chi connectivity index (χ2v) is 7.67. The average molecular weight is 417 g/mol. The fourth-order valence-electron chi connectivity index (χ4n) is 3.55. The number of thioether (sulfide) groups is 1. The highest BCUT2D eigenvalue weighted by Crippen LogP contribution is 2.40. The van der Waals surface area contributed by atoms with Crippen molar-refractivity contribution in [1.29, 1.82) is 0 Å². The minimum atomic E-state index is 0.0981. The first-order valence-electron chi connectivity index (χ1n) is 9.54. The quantitative estimate of drug-likeness (QED) is 0.645. The van der Waals surface area contributed by atoms with E-state index in [9.17, 15) is 4.79 Å². The zero-order chi connectivity index (χ0) is 20.8. The Hall–Kier alpha value is -2.38. The highest BCUT2D eigenvalue weighted by atomic mass is 32.2. The number of carbonyl (C=O) groups excluding carboxylic acids is 1. The van der Waals surface area contributed by atoms with Crippen LogP contribution in [0.3, 0.4) is 0 Å². The number of benzene rings is 2. The molecule has 0 bridgehead atoms. The van der Waals surface area contributed by atoms with Crippen molar-refractivity contribution in [2.75, 3.05) is 53.8 Å². The van der Waals surface area contributed by atoms with E-state index in [4.69, 9.17) is 14.2 Å². The number of ether oxygens (including phenoxy) is 3. The molecule has 2 aromatic carbocycles. The van der Waals surface area contributed by atoms with Crippen LogP contribution in [0.15, 0.2) is 41.3 Å². The fraction of sp³-hybridized carbons (Fsp3) is 0.409. The topological polar surface area (TPSA) is 51.2 Å². The smallest absolute Gasteiger partial charge is 0.253 e. The molecule has 0 radical (unpaired) electrons. The molecule has 0 N–H and O–H groups in total. The van der Waals surface area contributed by atoms with E-state index in [1.807, 2.05) is 47.6 Å². The summed E-state index contributed by atoms with van der Waals surface area (Å²) in [5.41, 5.74) is 1.79. The van der Waals surface area contributed by atoms with Gasteiger partial charge >= 0.3 is 0 Å². The number of hydrogen-bond acceptors (Lipinski definition) is 6. The maximum atomic E-state index is 12.8. The van der Waals surface area contributed by atoms with Crippen LogP contribution in [0, 0.1) is 0 Å². The molecular weight excluding hydrogens is 388 g/mol. The molecule has 0 aromatic heterocycles. The molecule has 1 amide bonds. The molecule has 2 aromatic rings. The second kappa shape index (κ2) is 9.89. The van der Waals surface area contributed by atoms with Crippen molar-refractivity contribution in [2.45, 2.75) is 11.4 Å². The summed E-state index contributed by atoms with van der Waals surface area (Å²) < 4.78 is 16.4. The Labute approximate surface area is 176 Å². The maximum absolute atomic E-state index is 12.8. The van der Waals surface area contributed by atoms with E-state index < -0.39 is 0 Å². The van der Waals surface area contributed by atoms with E-state index in [0.29, 0.717) is 30.3 Å². The van der Waals surface area contributed by atoms with Crippen LogP contribution in [0.1, 0.15) is 15.9 Å². The van der Waals surface area contributed by atoms with Crippen molar-refractivity contribution in [3.8, 4) is 17.2 Å². The van der Waals surface area contributed by atoms with Crippen LogP contribution in [-0.2, 0) is 6.54 Å². The molecule has 1 fully saturated rings. The van der Waals surface area contributed by atoms with Crippen molar-refractivity contribution < 1.29 is 19.0 Å². The molecular formula is C22H28N2O4S. The van der Waals surface area contributed by atoms with E-state index in [2.05, 4.69) is 4.90 Å². The summed E-state index contributed by atoms with van der Waals surface area (Å²) in [5.74, 6) is 2.05. The van der Waals surface area contributed by atoms with Gasteiger partial charge in [0.25, 0.3) is 5.91 Å². The molecule has 29 heavy (non-hydrogen) atoms. The van der Waals surface area contributed by atoms with Crippen molar-refractivity contribution >= 4 is 17.7 Å². The number of methoxy groups -OCH3 is 3. The van der Waals surface area contributed by atoms with Crippen LogP contribution < -0.4 is 14.2 Å². The first-order valence-corrected chi connectivity index (χ1v) is 10.8. The van der Waals surface area contributed by atoms with Crippen LogP contribution in [0.5, 0.6) is 17.2 Å². The summed E-state index contributed by atoms with van der Waals surface area (Å²) in [5, 5.41) is 0. The van der Waals surface area contributed by atoms with Gasteiger partial charge < -0.3 is 19.1 Å². The van der Waals surface area contributed by atoms with E-state index >= 15 is 0 Å². The fourth-order valence-corrected chi connectivity index (χ4v) is 3.96. The summed E-state index contributed by atoms with van der Waals surface area (Å²) in [7, 11) is 4.86. The lowest BCUT2D eigenvalue weighted by Gasteiger charge is -2.35. The van der Waals surface area contributed by atoms with Gasteiger partial charge in [-0.2, -0.15) is 0 Å². The molecule has 0 spiro atoms. The van der Waals surface area contributed by atoms with Crippen molar-refractivity contribution in [3.05, 3.63) is 47.5 Å². The van der Waals surface area contributed by atoms with Crippen molar-refractivity contribution in [3.63, 3.8) is 0 Å². The van der Waals surface area contributed by atoms with Gasteiger partial charge in [0, 0.05) is 48.7 Å². The lowest BCUT2D eigenvalue weighted by Crippen LogP contribution is -2.48. The summed E-state index contributed by atoms with van der Waals surface area (Å²) in [6.45, 7) is 3.77. The molecule has 1 aliphatic rings. The monoisotopic (exact) mass is 416 g/mol. The Kier molecular flexibility index (Phi) is 7.28. The van der Waals surface area contributed by atoms with E-state index in [1.54, 1.807) is 33.1 Å². The third-order valence-electron chi connectivity index (χ3n) is 5.18. The lowest BCUT2D eigenvalue weighted by molar-refractivity contribution is 0.0627. The van der Waals surface area contributed by atoms with E-state index in [1.165, 1.54) is 0 Å². The Morgan fingerprint density at radius 2 is 1.55 bits per heavy atom. The van der Waals surface area contributed by atoms with E-state index in [-0.39, 0.29) is 5.91 Å². The Morgan fingerprint density at radius 3 is 2.10 bits per heavy atom. The first kappa shape index (κ1) is 21.3. The predicted octanol–water partition coefficient (Wildman–Crippen LogP) is 3.39. The molecule has 1 saturated heterocycles. The summed E-state index contributed by atoms with van der Waals surface area (Å²) >= 11 is 1.68. The zero-order valence-corrected chi connectivity index (χ0v) is 18.3. The van der Waals surface area contributed by atoms with Crippen LogP contribution in [-0.4, -0.2) is 69.5 Å². The average Bonchev–Trinajstić information content (AvgIpc) is 2.78. The predicted molar refractivity (Wildman–Crippen MR) is 116 cm³/mol. The van der Waals surface area contributed by atoms with Crippen LogP contribution in [0.2, 0.25) is 0 Å². The van der Waals surface area contributed by atoms with Crippen LogP contribution >= 0.6 is 11.8 Å². The van der Waals surface area contributed by atoms with Gasteiger partial charge in [0.1, 0.15) is 0 Å². The van der Waals surface area contributed by atoms with Gasteiger partial charge in [-0.05, 0) is 36.6 Å². The number of rotatable bonds is 7. The molecule has 6 nitrogen and oxygen atoms in total. The maximum Gasteiger partial charge on any atom is 0.253 e. The number of nitrogens with zero attached hydrogens (tertiary/aromatic N) is 2. The van der Waals surface area contributed by atoms with Gasteiger partial charge in [0.15, 0.2) is 11.5 Å². The standard InChI is InChI=1S/C22H28N2O4S/c1-26-19-10-7-17(20(27-2)21(19)28-3)15-23-11-13-24(14-12-23)22(25)16-5-8-18(29-4)9-6-16/h5-10H,11-15H2,1-4H3. The summed E-state index contributed by atoms with van der Waals surface area (Å²) in [4.78, 5) is 18.2. The third-order valence-corrected chi connectivity index (χ3v) is 5.92.